The van der Waals surface area contributed by atoms with Crippen LogP contribution >= 0.6 is 0 Å². The number of nitrogens with zero attached hydrogens (tertiary/aromatic N) is 1. The molecule has 2 spiro atoms. The molecule has 6 rings (SSSR count). The van der Waals surface area contributed by atoms with Gasteiger partial charge in [-0.2, -0.15) is 0 Å². The van der Waals surface area contributed by atoms with Crippen molar-refractivity contribution in [2.24, 2.45) is 33.5 Å². The predicted molar refractivity (Wildman–Crippen MR) is 98.5 cm³/mol. The molecule has 2 saturated heterocycles. The zero-order valence-electron chi connectivity index (χ0n) is 17.3. The smallest absolute Gasteiger partial charge is 0.139 e. The Morgan fingerprint density at radius 1 is 0.923 bits per heavy atom. The van der Waals surface area contributed by atoms with E-state index in [0.717, 1.165) is 18.3 Å². The molecule has 0 aromatic carbocycles. The topological polar surface area (TPSA) is 52.3 Å². The van der Waals surface area contributed by atoms with Gasteiger partial charge >= 0.3 is 0 Å². The maximum Gasteiger partial charge on any atom is 0.139 e. The van der Waals surface area contributed by atoms with E-state index < -0.39 is 0 Å². The number of hydrogen-bond donors (Lipinski definition) is 1. The summed E-state index contributed by atoms with van der Waals surface area (Å²) in [5, 5.41) is 4.18. The van der Waals surface area contributed by atoms with E-state index in [1.54, 1.807) is 0 Å². The number of aromatic amines is 1. The van der Waals surface area contributed by atoms with Crippen molar-refractivity contribution in [1.82, 2.24) is 10.3 Å². The molecule has 4 atom stereocenters. The van der Waals surface area contributed by atoms with Gasteiger partial charge < -0.3 is 9.57 Å². The van der Waals surface area contributed by atoms with Crippen LogP contribution in [0.1, 0.15) is 80.1 Å². The minimum Gasteiger partial charge on any atom is -0.373 e. The fourth-order valence-corrected chi connectivity index (χ4v) is 8.72. The summed E-state index contributed by atoms with van der Waals surface area (Å²) in [5.41, 5.74) is 0.818. The summed E-state index contributed by atoms with van der Waals surface area (Å²) in [4.78, 5) is 6.31. The first kappa shape index (κ1) is 17.3. The molecule has 1 aromatic rings. The third-order valence-electron chi connectivity index (χ3n) is 8.27. The Labute approximate surface area is 157 Å². The normalized spacial score (nSPS) is 51.7. The van der Waals surface area contributed by atoms with E-state index >= 15 is 0 Å². The number of rotatable bonds is 2. The summed E-state index contributed by atoms with van der Waals surface area (Å²) >= 11 is 0. The quantitative estimate of drug-likeness (QED) is 0.831. The third kappa shape index (κ3) is 2.25. The van der Waals surface area contributed by atoms with Gasteiger partial charge in [-0.25, -0.2) is 4.63 Å². The summed E-state index contributed by atoms with van der Waals surface area (Å²) in [7, 11) is 0. The average Bonchev–Trinajstić information content (AvgIpc) is 3.22. The van der Waals surface area contributed by atoms with Crippen molar-refractivity contribution in [2.45, 2.75) is 98.4 Å². The van der Waals surface area contributed by atoms with Crippen LogP contribution in [0.25, 0.3) is 0 Å². The highest BCUT2D eigenvalue weighted by Gasteiger charge is 2.74. The largest absolute Gasteiger partial charge is 0.373 e. The Balaban J connectivity index is 1.59. The van der Waals surface area contributed by atoms with Gasteiger partial charge in [0.1, 0.15) is 6.10 Å². The van der Waals surface area contributed by atoms with Crippen LogP contribution in [-0.4, -0.2) is 28.6 Å². The molecular weight excluding hydrogens is 328 g/mol. The molecule has 1 N–H and O–H groups in total. The minimum absolute atomic E-state index is 0.121. The van der Waals surface area contributed by atoms with E-state index in [4.69, 9.17) is 14.2 Å². The van der Waals surface area contributed by atoms with Crippen LogP contribution in [0.5, 0.6) is 0 Å². The van der Waals surface area contributed by atoms with Crippen LogP contribution in [0.3, 0.4) is 0 Å². The summed E-state index contributed by atoms with van der Waals surface area (Å²) < 4.78 is 12.2. The van der Waals surface area contributed by atoms with Gasteiger partial charge in [0.05, 0.1) is 17.2 Å². The molecule has 5 nitrogen and oxygen atoms in total. The molecule has 5 aliphatic rings. The van der Waals surface area contributed by atoms with Crippen molar-refractivity contribution in [3.8, 4) is 0 Å². The Morgan fingerprint density at radius 2 is 1.50 bits per heavy atom. The van der Waals surface area contributed by atoms with E-state index in [2.05, 4.69) is 46.8 Å². The van der Waals surface area contributed by atoms with Gasteiger partial charge in [0.15, 0.2) is 0 Å². The Hall–Kier alpha value is -0.840. The van der Waals surface area contributed by atoms with Crippen LogP contribution in [0.4, 0.5) is 0 Å². The highest BCUT2D eigenvalue weighted by molar-refractivity contribution is 5.21. The Morgan fingerprint density at radius 3 is 2.04 bits per heavy atom. The number of aromatic nitrogens is 2. The number of ether oxygens (including phenoxy) is 1. The van der Waals surface area contributed by atoms with Crippen LogP contribution in [0, 0.1) is 33.5 Å². The van der Waals surface area contributed by atoms with Gasteiger partial charge in [0.2, 0.25) is 0 Å². The Kier molecular flexibility index (Phi) is 3.29. The first-order chi connectivity index (χ1) is 12.1. The number of nitrogens with one attached hydrogen (secondary N) is 1. The van der Waals surface area contributed by atoms with E-state index in [0.29, 0.717) is 12.2 Å². The second kappa shape index (κ2) is 4.95. The molecule has 5 heteroatoms. The predicted octanol–water partition coefficient (Wildman–Crippen LogP) is 4.65. The standard InChI is InChI=1S/C21H36N2O3/c1-13-7-14(2)9-21(8-13)15(25-23-22-26-23)10-20-11-18(3,4)16(24-17(20)21)19(5,6)12-20/h13-17,22H,7-12H2,1-6H3. The second-order valence-corrected chi connectivity index (χ2v) is 11.9. The number of fused-ring (bicyclic) bond motifs is 2. The molecule has 3 saturated carbocycles. The molecule has 148 valence electrons. The first-order valence-corrected chi connectivity index (χ1v) is 10.6. The molecule has 0 amide bonds. The third-order valence-corrected chi connectivity index (χ3v) is 8.27. The van der Waals surface area contributed by atoms with Gasteiger partial charge in [0.25, 0.3) is 0 Å². The molecule has 5 fully saturated rings. The highest BCUT2D eigenvalue weighted by Crippen LogP contribution is 2.72. The van der Waals surface area contributed by atoms with Gasteiger partial charge in [0, 0.05) is 10.8 Å². The fourth-order valence-electron chi connectivity index (χ4n) is 8.72. The molecule has 4 unspecified atom stereocenters. The van der Waals surface area contributed by atoms with Crippen molar-refractivity contribution in [1.29, 1.82) is 0 Å². The second-order valence-electron chi connectivity index (χ2n) is 11.9. The summed E-state index contributed by atoms with van der Waals surface area (Å²) in [6.07, 6.45) is 8.22. The highest BCUT2D eigenvalue weighted by atomic mass is 17.0. The van der Waals surface area contributed by atoms with E-state index in [-0.39, 0.29) is 27.8 Å². The lowest BCUT2D eigenvalue weighted by Crippen LogP contribution is -2.66. The van der Waals surface area contributed by atoms with E-state index in [1.807, 2.05) is 0 Å². The molecule has 1 aromatic heterocycles. The lowest BCUT2D eigenvalue weighted by molar-refractivity contribution is -0.295. The minimum atomic E-state index is 0.121. The van der Waals surface area contributed by atoms with Crippen LogP contribution in [0.2, 0.25) is 0 Å². The van der Waals surface area contributed by atoms with Crippen LogP contribution in [-0.2, 0) is 4.74 Å². The van der Waals surface area contributed by atoms with Crippen LogP contribution < -0.4 is 4.84 Å². The van der Waals surface area contributed by atoms with Crippen molar-refractivity contribution in [3.63, 3.8) is 0 Å². The SMILES string of the molecule is CC1CC(C)CC2(C1)C(On1[nH]o1)CC13CC(C)(C)C(OC12)C(C)(C)C3. The van der Waals surface area contributed by atoms with Crippen molar-refractivity contribution >= 4 is 0 Å². The Bertz CT molecular complexity index is 645. The van der Waals surface area contributed by atoms with Gasteiger partial charge in [-0.05, 0) is 61.2 Å². The van der Waals surface area contributed by atoms with Gasteiger partial charge in [-0.3, -0.25) is 0 Å². The van der Waals surface area contributed by atoms with Crippen molar-refractivity contribution < 1.29 is 14.2 Å². The lowest BCUT2D eigenvalue weighted by atomic mass is 9.48. The molecule has 2 bridgehead atoms. The van der Waals surface area contributed by atoms with Gasteiger partial charge in [-0.1, -0.05) is 46.8 Å². The average molecular weight is 365 g/mol. The first-order valence-electron chi connectivity index (χ1n) is 10.6. The maximum absolute atomic E-state index is 7.09. The summed E-state index contributed by atoms with van der Waals surface area (Å²) in [5.74, 6) is 1.46. The molecular formula is C21H36N2O3. The number of hydrogen-bond acceptors (Lipinski definition) is 3. The summed E-state index contributed by atoms with van der Waals surface area (Å²) in [6.45, 7) is 14.5. The maximum atomic E-state index is 7.09. The van der Waals surface area contributed by atoms with E-state index in [9.17, 15) is 0 Å². The van der Waals surface area contributed by atoms with Crippen molar-refractivity contribution in [2.75, 3.05) is 0 Å². The van der Waals surface area contributed by atoms with Gasteiger partial charge in [-0.15, -0.1) is 0 Å². The van der Waals surface area contributed by atoms with Crippen molar-refractivity contribution in [3.05, 3.63) is 0 Å². The molecule has 3 heterocycles. The zero-order chi connectivity index (χ0) is 18.5. The zero-order valence-corrected chi connectivity index (χ0v) is 17.3. The molecule has 0 radical (unpaired) electrons. The van der Waals surface area contributed by atoms with Crippen LogP contribution in [0.15, 0.2) is 4.63 Å². The fraction of sp³-hybridized carbons (Fsp3) is 1.00. The molecule has 26 heavy (non-hydrogen) atoms. The monoisotopic (exact) mass is 364 g/mol. The number of H-pyrrole nitrogens is 1. The lowest BCUT2D eigenvalue weighted by Gasteiger charge is -2.65. The molecule has 2 aliphatic heterocycles. The summed E-state index contributed by atoms with van der Waals surface area (Å²) in [6, 6.07) is 0. The molecule has 3 aliphatic carbocycles. The van der Waals surface area contributed by atoms with E-state index in [1.165, 1.54) is 37.1 Å².